The molecular weight excluding hydrogens is 567 g/mol. The lowest BCUT2D eigenvalue weighted by Crippen LogP contribution is -2.38. The van der Waals surface area contributed by atoms with Gasteiger partial charge in [-0.15, -0.1) is 0 Å². The molecule has 0 atom stereocenters. The van der Waals surface area contributed by atoms with Crippen molar-refractivity contribution in [2.45, 2.75) is 37.6 Å². The number of anilines is 2. The zero-order valence-corrected chi connectivity index (χ0v) is 23.8. The van der Waals surface area contributed by atoms with Gasteiger partial charge in [0, 0.05) is 30.8 Å². The van der Waals surface area contributed by atoms with Crippen molar-refractivity contribution in [1.82, 2.24) is 4.98 Å². The molecule has 214 valence electrons. The maximum Gasteiger partial charge on any atom is 0.271 e. The molecule has 7 nitrogen and oxygen atoms in total. The molecule has 0 N–H and O–H groups in total. The van der Waals surface area contributed by atoms with Gasteiger partial charge in [0.2, 0.25) is 5.95 Å². The van der Waals surface area contributed by atoms with Gasteiger partial charge >= 0.3 is 0 Å². The van der Waals surface area contributed by atoms with Crippen LogP contribution in [0.1, 0.15) is 31.7 Å². The minimum absolute atomic E-state index is 0.0950. The lowest BCUT2D eigenvalue weighted by molar-refractivity contribution is 0.0917. The molecule has 2 aliphatic rings. The van der Waals surface area contributed by atoms with Crippen LogP contribution in [0.3, 0.4) is 0 Å². The predicted molar refractivity (Wildman–Crippen MR) is 146 cm³/mol. The summed E-state index contributed by atoms with van der Waals surface area (Å²) in [5.41, 5.74) is 0.524. The van der Waals surface area contributed by atoms with E-state index in [9.17, 15) is 12.8 Å². The van der Waals surface area contributed by atoms with Crippen LogP contribution in [0.5, 0.6) is 11.5 Å². The molecule has 1 aliphatic carbocycles. The van der Waals surface area contributed by atoms with Gasteiger partial charge in [0.05, 0.1) is 26.5 Å². The minimum atomic E-state index is -4.99. The molecule has 0 unspecified atom stereocenters. The van der Waals surface area contributed by atoms with E-state index in [-0.39, 0.29) is 22.7 Å². The summed E-state index contributed by atoms with van der Waals surface area (Å²) >= 11 is 6.38. The van der Waals surface area contributed by atoms with E-state index >= 15 is 8.78 Å². The molecule has 2 aromatic carbocycles. The second-order valence-electron chi connectivity index (χ2n) is 10.5. The van der Waals surface area contributed by atoms with E-state index in [1.54, 1.807) is 6.07 Å². The van der Waals surface area contributed by atoms with Gasteiger partial charge in [-0.1, -0.05) is 24.6 Å². The monoisotopic (exact) mass is 595 g/mol. The van der Waals surface area contributed by atoms with Gasteiger partial charge in [-0.2, -0.15) is 4.39 Å². The van der Waals surface area contributed by atoms with Crippen molar-refractivity contribution in [3.63, 3.8) is 0 Å². The Balaban J connectivity index is 1.57. The summed E-state index contributed by atoms with van der Waals surface area (Å²) in [7, 11) is -2.16. The lowest BCUT2D eigenvalue weighted by Gasteiger charge is -2.43. The van der Waals surface area contributed by atoms with Crippen molar-refractivity contribution >= 4 is 33.1 Å². The third kappa shape index (κ3) is 5.05. The van der Waals surface area contributed by atoms with Crippen LogP contribution >= 0.6 is 11.6 Å². The van der Waals surface area contributed by atoms with Gasteiger partial charge in [-0.25, -0.2) is 26.5 Å². The molecule has 0 bridgehead atoms. The molecule has 2 heterocycles. The first-order valence-electron chi connectivity index (χ1n) is 12.8. The molecule has 5 rings (SSSR count). The fourth-order valence-corrected chi connectivity index (χ4v) is 7.83. The second kappa shape index (κ2) is 10.7. The lowest BCUT2D eigenvalue weighted by atomic mass is 9.62. The Kier molecular flexibility index (Phi) is 7.56. The van der Waals surface area contributed by atoms with Crippen LogP contribution in [0.2, 0.25) is 5.02 Å². The SMILES string of the molecule is COc1ccc(CN(c2cccc(F)n2)S(=O)(=O)c2c(F)cc(N3CCC4(CC(C)C4)C3)c(Cl)c2F)c(OC)c1. The molecule has 1 aliphatic heterocycles. The summed E-state index contributed by atoms with van der Waals surface area (Å²) in [5, 5.41) is -0.487. The van der Waals surface area contributed by atoms with Crippen molar-refractivity contribution in [2.24, 2.45) is 11.3 Å². The average molecular weight is 596 g/mol. The van der Waals surface area contributed by atoms with E-state index in [1.165, 1.54) is 38.5 Å². The summed E-state index contributed by atoms with van der Waals surface area (Å²) in [6, 6.07) is 9.10. The fraction of sp³-hybridized carbons (Fsp3) is 0.393. The number of nitrogens with zero attached hydrogens (tertiary/aromatic N) is 3. The highest BCUT2D eigenvalue weighted by atomic mass is 35.5. The van der Waals surface area contributed by atoms with Gasteiger partial charge in [-0.05, 0) is 54.9 Å². The summed E-state index contributed by atoms with van der Waals surface area (Å²) < 4.78 is 84.7. The number of hydrogen-bond acceptors (Lipinski definition) is 6. The van der Waals surface area contributed by atoms with E-state index in [0.717, 1.165) is 31.4 Å². The summed E-state index contributed by atoms with van der Waals surface area (Å²) in [4.78, 5) is 4.25. The highest BCUT2D eigenvalue weighted by Crippen LogP contribution is 2.53. The molecule has 12 heteroatoms. The van der Waals surface area contributed by atoms with Gasteiger partial charge in [0.25, 0.3) is 10.0 Å². The van der Waals surface area contributed by atoms with Gasteiger partial charge in [-0.3, -0.25) is 0 Å². The minimum Gasteiger partial charge on any atom is -0.497 e. The molecule has 2 fully saturated rings. The van der Waals surface area contributed by atoms with Crippen LogP contribution in [0.25, 0.3) is 0 Å². The van der Waals surface area contributed by atoms with Crippen molar-refractivity contribution in [3.05, 3.63) is 70.6 Å². The molecule has 1 spiro atoms. The Labute approximate surface area is 236 Å². The van der Waals surface area contributed by atoms with Crippen LogP contribution in [-0.2, 0) is 16.6 Å². The van der Waals surface area contributed by atoms with E-state index in [4.69, 9.17) is 21.1 Å². The standard InChI is InChI=1S/C28H29ClF3N3O4S/c1-17-13-28(14-17)9-10-34(16-28)21-12-20(30)27(26(32)25(21)29)40(36,37)35(24-6-4-5-23(31)33-24)15-18-7-8-19(38-2)11-22(18)39-3/h4-8,11-12,17H,9-10,13-16H2,1-3H3. The van der Waals surface area contributed by atoms with Crippen LogP contribution in [0, 0.1) is 28.9 Å². The number of methoxy groups -OCH3 is 2. The van der Waals surface area contributed by atoms with Crippen LogP contribution in [-0.4, -0.2) is 40.7 Å². The summed E-state index contributed by atoms with van der Waals surface area (Å²) in [5.74, 6) is -2.77. The highest BCUT2D eigenvalue weighted by molar-refractivity contribution is 7.92. The highest BCUT2D eigenvalue weighted by Gasteiger charge is 2.47. The van der Waals surface area contributed by atoms with E-state index in [1.807, 2.05) is 4.90 Å². The number of pyridine rings is 1. The Morgan fingerprint density at radius 3 is 2.52 bits per heavy atom. The van der Waals surface area contributed by atoms with E-state index in [2.05, 4.69) is 11.9 Å². The Morgan fingerprint density at radius 2 is 1.88 bits per heavy atom. The maximum absolute atomic E-state index is 15.8. The number of benzene rings is 2. The van der Waals surface area contributed by atoms with Crippen molar-refractivity contribution in [3.8, 4) is 11.5 Å². The number of ether oxygens (including phenoxy) is 2. The number of sulfonamides is 1. The topological polar surface area (TPSA) is 72.0 Å². The molecule has 3 aromatic rings. The summed E-state index contributed by atoms with van der Waals surface area (Å²) in [6.45, 7) is 2.85. The Hall–Kier alpha value is -3.18. The third-order valence-electron chi connectivity index (χ3n) is 7.75. The predicted octanol–water partition coefficient (Wildman–Crippen LogP) is 6.19. The van der Waals surface area contributed by atoms with Gasteiger partial charge in [0.1, 0.15) is 28.2 Å². The van der Waals surface area contributed by atoms with Crippen molar-refractivity contribution in [1.29, 1.82) is 0 Å². The molecular formula is C28H29ClF3N3O4S. The van der Waals surface area contributed by atoms with Gasteiger partial charge < -0.3 is 14.4 Å². The van der Waals surface area contributed by atoms with Gasteiger partial charge in [0.15, 0.2) is 10.7 Å². The van der Waals surface area contributed by atoms with E-state index < -0.39 is 44.1 Å². The molecule has 1 saturated carbocycles. The van der Waals surface area contributed by atoms with Crippen LogP contribution < -0.4 is 18.7 Å². The third-order valence-corrected chi connectivity index (χ3v) is 9.90. The van der Waals surface area contributed by atoms with Crippen molar-refractivity contribution in [2.75, 3.05) is 36.5 Å². The zero-order valence-electron chi connectivity index (χ0n) is 22.3. The first-order chi connectivity index (χ1) is 19.0. The maximum atomic E-state index is 15.8. The first-order valence-corrected chi connectivity index (χ1v) is 14.6. The normalized spacial score (nSPS) is 20.5. The smallest absolute Gasteiger partial charge is 0.271 e. The number of hydrogen-bond donors (Lipinski definition) is 0. The Morgan fingerprint density at radius 1 is 1.12 bits per heavy atom. The average Bonchev–Trinajstić information content (AvgIpc) is 3.34. The van der Waals surface area contributed by atoms with E-state index in [0.29, 0.717) is 34.6 Å². The largest absolute Gasteiger partial charge is 0.497 e. The zero-order chi connectivity index (χ0) is 28.8. The first kappa shape index (κ1) is 28.4. The molecule has 1 aromatic heterocycles. The Bertz CT molecular complexity index is 1550. The molecule has 0 radical (unpaired) electrons. The number of aromatic nitrogens is 1. The fourth-order valence-electron chi connectivity index (χ4n) is 6.00. The molecule has 1 saturated heterocycles. The van der Waals surface area contributed by atoms with Crippen LogP contribution in [0.15, 0.2) is 47.4 Å². The number of rotatable bonds is 8. The quantitative estimate of drug-likeness (QED) is 0.228. The number of halogens is 4. The van der Waals surface area contributed by atoms with Crippen LogP contribution in [0.4, 0.5) is 24.7 Å². The second-order valence-corrected chi connectivity index (χ2v) is 12.7. The molecule has 0 amide bonds. The van der Waals surface area contributed by atoms with Crippen molar-refractivity contribution < 1.29 is 31.1 Å². The molecule has 40 heavy (non-hydrogen) atoms. The summed E-state index contributed by atoms with van der Waals surface area (Å²) in [6.07, 6.45) is 2.94.